The summed E-state index contributed by atoms with van der Waals surface area (Å²) in [5, 5.41) is 11.9. The van der Waals surface area contributed by atoms with Gasteiger partial charge in [-0.1, -0.05) is 52.3 Å². The van der Waals surface area contributed by atoms with E-state index in [1.807, 2.05) is 36.4 Å². The van der Waals surface area contributed by atoms with Crippen molar-refractivity contribution >= 4 is 27.8 Å². The van der Waals surface area contributed by atoms with E-state index < -0.39 is 12.0 Å². The summed E-state index contributed by atoms with van der Waals surface area (Å²) in [6.07, 6.45) is 1.88. The normalized spacial score (nSPS) is 11.7. The molecule has 4 nitrogen and oxygen atoms in total. The second kappa shape index (κ2) is 8.48. The third kappa shape index (κ3) is 5.53. The minimum atomic E-state index is -1.01. The second-order valence-electron chi connectivity index (χ2n) is 5.25. The number of benzene rings is 2. The van der Waals surface area contributed by atoms with Gasteiger partial charge >= 0.3 is 5.97 Å². The molecule has 0 heterocycles. The Labute approximate surface area is 143 Å². The smallest absolute Gasteiger partial charge is 0.326 e. The molecule has 0 bridgehead atoms. The number of carboxylic acids is 1. The average molecular weight is 376 g/mol. The van der Waals surface area contributed by atoms with E-state index in [4.69, 9.17) is 0 Å². The molecular weight excluding hydrogens is 358 g/mol. The Morgan fingerprint density at radius 1 is 1.09 bits per heavy atom. The van der Waals surface area contributed by atoms with Crippen LogP contribution >= 0.6 is 15.9 Å². The largest absolute Gasteiger partial charge is 0.480 e. The number of hydrogen-bond donors (Lipinski definition) is 2. The summed E-state index contributed by atoms with van der Waals surface area (Å²) in [4.78, 5) is 23.5. The van der Waals surface area contributed by atoms with Gasteiger partial charge in [-0.2, -0.15) is 0 Å². The van der Waals surface area contributed by atoms with E-state index in [0.29, 0.717) is 18.4 Å². The number of carboxylic acid groups (broad SMARTS) is 1. The zero-order chi connectivity index (χ0) is 16.7. The molecule has 0 spiro atoms. The first-order valence-corrected chi connectivity index (χ1v) is 8.19. The Hall–Kier alpha value is -2.14. The first-order valence-electron chi connectivity index (χ1n) is 7.39. The summed E-state index contributed by atoms with van der Waals surface area (Å²) in [6, 6.07) is 15.9. The highest BCUT2D eigenvalue weighted by Gasteiger charge is 2.20. The van der Waals surface area contributed by atoms with Crippen LogP contribution in [0, 0.1) is 0 Å². The van der Waals surface area contributed by atoms with Crippen molar-refractivity contribution in [2.24, 2.45) is 0 Å². The van der Waals surface area contributed by atoms with Gasteiger partial charge in [0.05, 0.1) is 0 Å². The summed E-state index contributed by atoms with van der Waals surface area (Å²) < 4.78 is 0.779. The molecule has 2 rings (SSSR count). The second-order valence-corrected chi connectivity index (χ2v) is 6.17. The average Bonchev–Trinajstić information content (AvgIpc) is 2.54. The van der Waals surface area contributed by atoms with Crippen LogP contribution in [0.3, 0.4) is 0 Å². The fraction of sp³-hybridized carbons (Fsp3) is 0.222. The number of aliphatic carboxylic acids is 1. The van der Waals surface area contributed by atoms with Gasteiger partial charge in [0.1, 0.15) is 6.04 Å². The molecule has 0 radical (unpaired) electrons. The molecule has 1 atom stereocenters. The molecule has 0 unspecified atom stereocenters. The van der Waals surface area contributed by atoms with Crippen molar-refractivity contribution in [1.82, 2.24) is 5.32 Å². The number of nitrogens with one attached hydrogen (secondary N) is 1. The predicted molar refractivity (Wildman–Crippen MR) is 92.4 cm³/mol. The lowest BCUT2D eigenvalue weighted by Gasteiger charge is -2.14. The van der Waals surface area contributed by atoms with Crippen LogP contribution in [0.4, 0.5) is 0 Å². The van der Waals surface area contributed by atoms with E-state index in [2.05, 4.69) is 21.2 Å². The van der Waals surface area contributed by atoms with Gasteiger partial charge in [-0.25, -0.2) is 4.79 Å². The highest BCUT2D eigenvalue weighted by Crippen LogP contribution is 2.12. The van der Waals surface area contributed by atoms with Crippen LogP contribution in [0.5, 0.6) is 0 Å². The van der Waals surface area contributed by atoms with Crippen molar-refractivity contribution in [1.29, 1.82) is 0 Å². The van der Waals surface area contributed by atoms with Gasteiger partial charge in [0.2, 0.25) is 0 Å². The van der Waals surface area contributed by atoms with E-state index >= 15 is 0 Å². The minimum absolute atomic E-state index is 0.376. The number of halogens is 1. The molecule has 0 aliphatic heterocycles. The summed E-state index contributed by atoms with van der Waals surface area (Å²) in [5.74, 6) is -1.39. The van der Waals surface area contributed by atoms with Crippen LogP contribution in [0.1, 0.15) is 28.8 Å². The summed E-state index contributed by atoms with van der Waals surface area (Å²) in [5.41, 5.74) is 1.60. The molecule has 0 aromatic heterocycles. The fourth-order valence-electron chi connectivity index (χ4n) is 2.28. The van der Waals surface area contributed by atoms with Crippen LogP contribution in [-0.2, 0) is 11.2 Å². The van der Waals surface area contributed by atoms with Gasteiger partial charge in [-0.15, -0.1) is 0 Å². The topological polar surface area (TPSA) is 66.4 Å². The number of amides is 1. The van der Waals surface area contributed by atoms with Crippen LogP contribution in [0.2, 0.25) is 0 Å². The molecule has 2 aromatic carbocycles. The zero-order valence-electron chi connectivity index (χ0n) is 12.5. The maximum atomic E-state index is 12.1. The lowest BCUT2D eigenvalue weighted by molar-refractivity contribution is -0.139. The number of hydrogen-bond acceptors (Lipinski definition) is 2. The van der Waals surface area contributed by atoms with E-state index in [-0.39, 0.29) is 5.91 Å². The lowest BCUT2D eigenvalue weighted by Crippen LogP contribution is -2.40. The van der Waals surface area contributed by atoms with Crippen molar-refractivity contribution in [3.63, 3.8) is 0 Å². The molecule has 0 aliphatic carbocycles. The molecule has 0 saturated carbocycles. The van der Waals surface area contributed by atoms with E-state index in [1.54, 1.807) is 18.2 Å². The maximum absolute atomic E-state index is 12.1. The number of rotatable bonds is 7. The molecule has 2 aromatic rings. The molecule has 120 valence electrons. The predicted octanol–water partition coefficient (Wildman–Crippen LogP) is 3.66. The minimum Gasteiger partial charge on any atom is -0.480 e. The Bertz CT molecular complexity index is 673. The van der Waals surface area contributed by atoms with Crippen molar-refractivity contribution in [3.8, 4) is 0 Å². The highest BCUT2D eigenvalue weighted by molar-refractivity contribution is 9.10. The number of aryl methyl sites for hydroxylation is 1. The van der Waals surface area contributed by atoms with Gasteiger partial charge in [-0.05, 0) is 43.0 Å². The molecule has 0 aliphatic rings. The first-order chi connectivity index (χ1) is 11.1. The summed E-state index contributed by atoms with van der Waals surface area (Å²) in [6.45, 7) is 0. The highest BCUT2D eigenvalue weighted by atomic mass is 79.9. The quantitative estimate of drug-likeness (QED) is 0.775. The summed E-state index contributed by atoms with van der Waals surface area (Å²) in [7, 11) is 0. The molecule has 5 heteroatoms. The van der Waals surface area contributed by atoms with Crippen molar-refractivity contribution in [2.45, 2.75) is 25.3 Å². The molecule has 0 saturated heterocycles. The van der Waals surface area contributed by atoms with Crippen molar-refractivity contribution < 1.29 is 14.7 Å². The van der Waals surface area contributed by atoms with Crippen LogP contribution in [-0.4, -0.2) is 23.0 Å². The van der Waals surface area contributed by atoms with E-state index in [0.717, 1.165) is 16.5 Å². The van der Waals surface area contributed by atoms with Crippen LogP contribution < -0.4 is 5.32 Å². The molecule has 1 amide bonds. The van der Waals surface area contributed by atoms with Crippen LogP contribution in [0.15, 0.2) is 59.1 Å². The third-order valence-corrected chi connectivity index (χ3v) is 3.98. The molecular formula is C18H18BrNO3. The van der Waals surface area contributed by atoms with E-state index in [1.165, 1.54) is 0 Å². The molecule has 2 N–H and O–H groups in total. The number of carbonyl (C=O) groups excluding carboxylic acids is 1. The number of carbonyl (C=O) groups is 2. The van der Waals surface area contributed by atoms with Gasteiger partial charge in [0, 0.05) is 10.0 Å². The Balaban J connectivity index is 1.91. The van der Waals surface area contributed by atoms with Gasteiger partial charge in [-0.3, -0.25) is 4.79 Å². The van der Waals surface area contributed by atoms with Crippen LogP contribution in [0.25, 0.3) is 0 Å². The third-order valence-electron chi connectivity index (χ3n) is 3.49. The molecule has 23 heavy (non-hydrogen) atoms. The standard InChI is InChI=1S/C18H18BrNO3/c19-15-10-5-9-14(12-15)17(21)20-16(18(22)23)11-4-8-13-6-2-1-3-7-13/h1-3,5-7,9-10,12,16H,4,8,11H2,(H,20,21)(H,22,23)/t16-/m1/s1. The monoisotopic (exact) mass is 375 g/mol. The van der Waals surface area contributed by atoms with E-state index in [9.17, 15) is 14.7 Å². The zero-order valence-corrected chi connectivity index (χ0v) is 14.1. The maximum Gasteiger partial charge on any atom is 0.326 e. The molecule has 0 fully saturated rings. The SMILES string of the molecule is O=C(N[C@H](CCCc1ccccc1)C(=O)O)c1cccc(Br)c1. The van der Waals surface area contributed by atoms with Gasteiger partial charge in [0.15, 0.2) is 0 Å². The first kappa shape index (κ1) is 17.2. The Morgan fingerprint density at radius 2 is 1.83 bits per heavy atom. The van der Waals surface area contributed by atoms with Gasteiger partial charge in [0.25, 0.3) is 5.91 Å². The van der Waals surface area contributed by atoms with Crippen molar-refractivity contribution in [3.05, 3.63) is 70.2 Å². The van der Waals surface area contributed by atoms with Crippen molar-refractivity contribution in [2.75, 3.05) is 0 Å². The summed E-state index contributed by atoms with van der Waals surface area (Å²) >= 11 is 3.30. The lowest BCUT2D eigenvalue weighted by atomic mass is 10.0. The fourth-order valence-corrected chi connectivity index (χ4v) is 2.68. The Morgan fingerprint density at radius 3 is 2.48 bits per heavy atom. The Kier molecular flexibility index (Phi) is 6.35. The van der Waals surface area contributed by atoms with Gasteiger partial charge < -0.3 is 10.4 Å².